The second kappa shape index (κ2) is 4.84. The van der Waals surface area contributed by atoms with Crippen molar-refractivity contribution in [3.05, 3.63) is 58.7 Å². The van der Waals surface area contributed by atoms with E-state index in [1.807, 2.05) is 0 Å². The Labute approximate surface area is 133 Å². The fourth-order valence-corrected chi connectivity index (χ4v) is 4.58. The third kappa shape index (κ3) is 1.90. The summed E-state index contributed by atoms with van der Waals surface area (Å²) in [5, 5.41) is 5.78. The molecule has 2 atom stereocenters. The molecule has 0 heteroatoms. The summed E-state index contributed by atoms with van der Waals surface area (Å²) in [7, 11) is 0. The molecule has 1 aliphatic rings. The third-order valence-corrected chi connectivity index (χ3v) is 5.56. The van der Waals surface area contributed by atoms with Gasteiger partial charge in [-0.15, -0.1) is 0 Å². The quantitative estimate of drug-likeness (QED) is 0.426. The zero-order valence-corrected chi connectivity index (χ0v) is 14.0. The molecular formula is C22H24. The maximum Gasteiger partial charge on any atom is -0.00997 e. The Morgan fingerprint density at radius 1 is 0.864 bits per heavy atom. The van der Waals surface area contributed by atoms with E-state index in [4.69, 9.17) is 0 Å². The standard InChI is InChI=1S/C22H24/c1-13-10-15(3)17-8-9-19-18-7-5-6-14(2)20(18)12-16(4)22(19)21(17)11-13/h5-9,12-13,15H,10-11H2,1-4H3. The zero-order valence-electron chi connectivity index (χ0n) is 14.0. The van der Waals surface area contributed by atoms with Gasteiger partial charge in [0.2, 0.25) is 0 Å². The van der Waals surface area contributed by atoms with E-state index >= 15 is 0 Å². The van der Waals surface area contributed by atoms with E-state index in [1.165, 1.54) is 45.5 Å². The van der Waals surface area contributed by atoms with Gasteiger partial charge in [0.25, 0.3) is 0 Å². The Hall–Kier alpha value is -1.82. The molecule has 0 saturated heterocycles. The summed E-state index contributed by atoms with van der Waals surface area (Å²) in [6.07, 6.45) is 2.55. The van der Waals surface area contributed by atoms with Crippen molar-refractivity contribution in [2.45, 2.75) is 46.5 Å². The molecule has 0 nitrogen and oxygen atoms in total. The molecule has 0 aliphatic heterocycles. The summed E-state index contributed by atoms with van der Waals surface area (Å²) in [4.78, 5) is 0. The number of rotatable bonds is 0. The normalized spacial score (nSPS) is 21.3. The van der Waals surface area contributed by atoms with E-state index in [-0.39, 0.29) is 0 Å². The topological polar surface area (TPSA) is 0 Å². The van der Waals surface area contributed by atoms with Crippen molar-refractivity contribution >= 4 is 21.5 Å². The first-order valence-electron chi connectivity index (χ1n) is 8.50. The van der Waals surface area contributed by atoms with E-state index in [2.05, 4.69) is 64.1 Å². The fourth-order valence-electron chi connectivity index (χ4n) is 4.58. The summed E-state index contributed by atoms with van der Waals surface area (Å²) in [5.41, 5.74) is 6.02. The molecule has 1 aliphatic carbocycles. The SMILES string of the molecule is Cc1cccc2c1cc(C)c1c3c(ccc12)C(C)CC(C)C3. The molecule has 112 valence electrons. The predicted molar refractivity (Wildman–Crippen MR) is 96.8 cm³/mol. The molecular weight excluding hydrogens is 264 g/mol. The molecule has 0 aromatic heterocycles. The molecule has 0 heterocycles. The molecule has 0 bridgehead atoms. The van der Waals surface area contributed by atoms with E-state index in [9.17, 15) is 0 Å². The Balaban J connectivity index is 2.16. The highest BCUT2D eigenvalue weighted by Gasteiger charge is 2.24. The molecule has 0 fully saturated rings. The van der Waals surface area contributed by atoms with E-state index in [0.717, 1.165) is 5.92 Å². The molecule has 4 rings (SSSR count). The molecule has 0 radical (unpaired) electrons. The number of aryl methyl sites for hydroxylation is 2. The maximum atomic E-state index is 2.40. The fraction of sp³-hybridized carbons (Fsp3) is 0.364. The van der Waals surface area contributed by atoms with Gasteiger partial charge in [-0.2, -0.15) is 0 Å². The molecule has 0 saturated carbocycles. The summed E-state index contributed by atoms with van der Waals surface area (Å²) in [6.45, 7) is 9.30. The van der Waals surface area contributed by atoms with Crippen molar-refractivity contribution in [2.24, 2.45) is 5.92 Å². The van der Waals surface area contributed by atoms with E-state index in [0.29, 0.717) is 5.92 Å². The van der Waals surface area contributed by atoms with Gasteiger partial charge < -0.3 is 0 Å². The highest BCUT2D eigenvalue weighted by Crippen LogP contribution is 2.41. The second-order valence-electron chi connectivity index (χ2n) is 7.37. The summed E-state index contributed by atoms with van der Waals surface area (Å²) in [6, 6.07) is 13.9. The lowest BCUT2D eigenvalue weighted by molar-refractivity contribution is 0.452. The number of hydrogen-bond acceptors (Lipinski definition) is 0. The van der Waals surface area contributed by atoms with Crippen LogP contribution < -0.4 is 0 Å². The third-order valence-electron chi connectivity index (χ3n) is 5.56. The lowest BCUT2D eigenvalue weighted by atomic mass is 9.75. The van der Waals surface area contributed by atoms with Gasteiger partial charge in [0.05, 0.1) is 0 Å². The monoisotopic (exact) mass is 288 g/mol. The molecule has 2 unspecified atom stereocenters. The largest absolute Gasteiger partial charge is 0.0622 e. The zero-order chi connectivity index (χ0) is 15.4. The molecule has 0 N–H and O–H groups in total. The van der Waals surface area contributed by atoms with Crippen LogP contribution in [0.5, 0.6) is 0 Å². The lowest BCUT2D eigenvalue weighted by Gasteiger charge is -2.29. The Morgan fingerprint density at radius 3 is 2.50 bits per heavy atom. The van der Waals surface area contributed by atoms with Gasteiger partial charge in [-0.3, -0.25) is 0 Å². The summed E-state index contributed by atoms with van der Waals surface area (Å²) in [5.74, 6) is 1.48. The second-order valence-corrected chi connectivity index (χ2v) is 7.37. The summed E-state index contributed by atoms with van der Waals surface area (Å²) >= 11 is 0. The summed E-state index contributed by atoms with van der Waals surface area (Å²) < 4.78 is 0. The minimum Gasteiger partial charge on any atom is -0.0622 e. The first kappa shape index (κ1) is 13.8. The van der Waals surface area contributed by atoms with Crippen LogP contribution in [0.4, 0.5) is 0 Å². The van der Waals surface area contributed by atoms with Crippen molar-refractivity contribution in [3.8, 4) is 0 Å². The van der Waals surface area contributed by atoms with Gasteiger partial charge in [0.1, 0.15) is 0 Å². The van der Waals surface area contributed by atoms with Crippen LogP contribution in [0.3, 0.4) is 0 Å². The minimum atomic E-state index is 0.691. The van der Waals surface area contributed by atoms with Crippen LogP contribution in [0.25, 0.3) is 21.5 Å². The first-order valence-corrected chi connectivity index (χ1v) is 8.50. The van der Waals surface area contributed by atoms with E-state index in [1.54, 1.807) is 11.1 Å². The van der Waals surface area contributed by atoms with Gasteiger partial charge in [-0.05, 0) is 82.3 Å². The Kier molecular flexibility index (Phi) is 3.04. The highest BCUT2D eigenvalue weighted by molar-refractivity contribution is 6.11. The molecule has 0 spiro atoms. The Bertz CT molecular complexity index is 886. The molecule has 3 aromatic rings. The van der Waals surface area contributed by atoms with Crippen LogP contribution in [0, 0.1) is 19.8 Å². The number of hydrogen-bond donors (Lipinski definition) is 0. The van der Waals surface area contributed by atoms with Crippen molar-refractivity contribution in [1.82, 2.24) is 0 Å². The average molecular weight is 288 g/mol. The van der Waals surface area contributed by atoms with Crippen molar-refractivity contribution in [3.63, 3.8) is 0 Å². The van der Waals surface area contributed by atoms with Crippen molar-refractivity contribution < 1.29 is 0 Å². The van der Waals surface area contributed by atoms with Crippen molar-refractivity contribution in [1.29, 1.82) is 0 Å². The molecule has 3 aromatic carbocycles. The van der Waals surface area contributed by atoms with Gasteiger partial charge in [-0.1, -0.05) is 50.2 Å². The maximum absolute atomic E-state index is 2.40. The smallest absolute Gasteiger partial charge is 0.00997 e. The Morgan fingerprint density at radius 2 is 1.68 bits per heavy atom. The van der Waals surface area contributed by atoms with Gasteiger partial charge in [0, 0.05) is 0 Å². The predicted octanol–water partition coefficient (Wildman–Crippen LogP) is 6.30. The van der Waals surface area contributed by atoms with Crippen LogP contribution >= 0.6 is 0 Å². The molecule has 0 amide bonds. The minimum absolute atomic E-state index is 0.691. The van der Waals surface area contributed by atoms with Crippen LogP contribution in [0.15, 0.2) is 36.4 Å². The average Bonchev–Trinajstić information content (AvgIpc) is 2.47. The van der Waals surface area contributed by atoms with Crippen LogP contribution in [-0.4, -0.2) is 0 Å². The van der Waals surface area contributed by atoms with Crippen LogP contribution in [0.2, 0.25) is 0 Å². The first-order chi connectivity index (χ1) is 10.6. The van der Waals surface area contributed by atoms with Gasteiger partial charge in [0.15, 0.2) is 0 Å². The van der Waals surface area contributed by atoms with Crippen LogP contribution in [-0.2, 0) is 6.42 Å². The van der Waals surface area contributed by atoms with Crippen molar-refractivity contribution in [2.75, 3.05) is 0 Å². The highest BCUT2D eigenvalue weighted by atomic mass is 14.3. The number of benzene rings is 3. The lowest BCUT2D eigenvalue weighted by Crippen LogP contribution is -2.15. The van der Waals surface area contributed by atoms with Gasteiger partial charge >= 0.3 is 0 Å². The van der Waals surface area contributed by atoms with Crippen LogP contribution in [0.1, 0.15) is 48.4 Å². The molecule has 22 heavy (non-hydrogen) atoms. The van der Waals surface area contributed by atoms with Gasteiger partial charge in [-0.25, -0.2) is 0 Å². The van der Waals surface area contributed by atoms with E-state index < -0.39 is 0 Å². The number of fused-ring (bicyclic) bond motifs is 5.